The first kappa shape index (κ1) is 15.8. The number of fused-ring (bicyclic) bond motifs is 1. The molecule has 2 fully saturated rings. The first-order valence-corrected chi connectivity index (χ1v) is 8.95. The lowest BCUT2D eigenvalue weighted by Gasteiger charge is -2.41. The molecular weight excluding hydrogens is 306 g/mol. The van der Waals surface area contributed by atoms with E-state index in [1.807, 2.05) is 23.1 Å². The Morgan fingerprint density at radius 1 is 1.33 bits per heavy atom. The minimum Gasteiger partial charge on any atom is -0.454 e. The van der Waals surface area contributed by atoms with E-state index in [4.69, 9.17) is 9.47 Å². The van der Waals surface area contributed by atoms with Crippen molar-refractivity contribution in [2.75, 3.05) is 19.9 Å². The Labute approximate surface area is 142 Å². The Kier molecular flexibility index (Phi) is 3.91. The number of hydrogen-bond acceptors (Lipinski definition) is 4. The molecule has 1 N–H and O–H groups in total. The van der Waals surface area contributed by atoms with E-state index in [0.29, 0.717) is 31.8 Å². The summed E-state index contributed by atoms with van der Waals surface area (Å²) in [4.78, 5) is 14.4. The number of ether oxygens (including phenoxy) is 2. The molecule has 1 aromatic rings. The fourth-order valence-corrected chi connectivity index (χ4v) is 4.15. The van der Waals surface area contributed by atoms with Crippen molar-refractivity contribution < 1.29 is 19.4 Å². The minimum atomic E-state index is -0.674. The van der Waals surface area contributed by atoms with Crippen molar-refractivity contribution in [2.24, 2.45) is 11.8 Å². The van der Waals surface area contributed by atoms with Crippen molar-refractivity contribution in [3.05, 3.63) is 23.8 Å². The van der Waals surface area contributed by atoms with Gasteiger partial charge in [-0.3, -0.25) is 4.79 Å². The van der Waals surface area contributed by atoms with Gasteiger partial charge < -0.3 is 19.5 Å². The lowest BCUT2D eigenvalue weighted by Crippen LogP contribution is -2.48. The predicted octanol–water partition coefficient (Wildman–Crippen LogP) is 2.36. The van der Waals surface area contributed by atoms with E-state index in [-0.39, 0.29) is 18.6 Å². The van der Waals surface area contributed by atoms with E-state index in [1.54, 1.807) is 0 Å². The minimum absolute atomic E-state index is 0.134. The number of hydrogen-bond donors (Lipinski definition) is 1. The Bertz CT molecular complexity index is 642. The van der Waals surface area contributed by atoms with Crippen molar-refractivity contribution in [3.8, 4) is 11.5 Å². The Morgan fingerprint density at radius 2 is 2.12 bits per heavy atom. The Morgan fingerprint density at radius 3 is 2.88 bits per heavy atom. The van der Waals surface area contributed by atoms with Crippen LogP contribution in [0.1, 0.15) is 38.2 Å². The van der Waals surface area contributed by atoms with Crippen molar-refractivity contribution in [2.45, 2.75) is 44.6 Å². The summed E-state index contributed by atoms with van der Waals surface area (Å²) >= 11 is 0. The Hall–Kier alpha value is -1.75. The molecule has 0 bridgehead atoms. The van der Waals surface area contributed by atoms with Crippen molar-refractivity contribution in [1.29, 1.82) is 0 Å². The summed E-state index contributed by atoms with van der Waals surface area (Å²) in [6, 6.07) is 5.83. The summed E-state index contributed by atoms with van der Waals surface area (Å²) < 4.78 is 10.7. The van der Waals surface area contributed by atoms with E-state index in [0.717, 1.165) is 29.9 Å². The molecule has 1 amide bonds. The van der Waals surface area contributed by atoms with Gasteiger partial charge in [-0.15, -0.1) is 0 Å². The van der Waals surface area contributed by atoms with Gasteiger partial charge in [-0.05, 0) is 42.9 Å². The van der Waals surface area contributed by atoms with Crippen LogP contribution in [0.5, 0.6) is 11.5 Å². The number of carbonyl (C=O) groups is 1. The molecule has 1 saturated carbocycles. The van der Waals surface area contributed by atoms with E-state index in [1.165, 1.54) is 6.42 Å². The zero-order chi connectivity index (χ0) is 16.7. The zero-order valence-corrected chi connectivity index (χ0v) is 14.2. The third-order valence-electron chi connectivity index (χ3n) is 6.02. The maximum absolute atomic E-state index is 12.6. The number of aryl methyl sites for hydroxylation is 1. The van der Waals surface area contributed by atoms with Crippen LogP contribution in [0.25, 0.3) is 0 Å². The SMILES string of the molecule is C[C@@H]1CN(C(=O)CCc2ccc3c(c2)OCO3)C[C@@]1(O)C1CCC1. The fourth-order valence-electron chi connectivity index (χ4n) is 4.15. The molecule has 4 rings (SSSR count). The van der Waals surface area contributed by atoms with Gasteiger partial charge in [0.05, 0.1) is 5.60 Å². The van der Waals surface area contributed by atoms with Crippen LogP contribution < -0.4 is 9.47 Å². The van der Waals surface area contributed by atoms with Gasteiger partial charge in [0.1, 0.15) is 0 Å². The highest BCUT2D eigenvalue weighted by molar-refractivity contribution is 5.77. The average molecular weight is 331 g/mol. The molecule has 24 heavy (non-hydrogen) atoms. The number of likely N-dealkylation sites (tertiary alicyclic amines) is 1. The molecule has 130 valence electrons. The van der Waals surface area contributed by atoms with Gasteiger partial charge >= 0.3 is 0 Å². The largest absolute Gasteiger partial charge is 0.454 e. The van der Waals surface area contributed by atoms with Gasteiger partial charge in [-0.2, -0.15) is 0 Å². The van der Waals surface area contributed by atoms with Crippen LogP contribution in [0.15, 0.2) is 18.2 Å². The van der Waals surface area contributed by atoms with Crippen LogP contribution in [-0.2, 0) is 11.2 Å². The molecule has 0 unspecified atom stereocenters. The average Bonchev–Trinajstić information content (AvgIpc) is 3.08. The number of rotatable bonds is 4. The van der Waals surface area contributed by atoms with Gasteiger partial charge in [0.25, 0.3) is 0 Å². The number of nitrogens with zero attached hydrogens (tertiary/aromatic N) is 1. The molecule has 2 heterocycles. The number of carbonyl (C=O) groups excluding carboxylic acids is 1. The Balaban J connectivity index is 1.35. The molecule has 0 spiro atoms. The van der Waals surface area contributed by atoms with Gasteiger partial charge in [0.2, 0.25) is 12.7 Å². The fraction of sp³-hybridized carbons (Fsp3) is 0.632. The summed E-state index contributed by atoms with van der Waals surface area (Å²) in [6.07, 6.45) is 4.55. The predicted molar refractivity (Wildman–Crippen MR) is 88.9 cm³/mol. The van der Waals surface area contributed by atoms with Gasteiger partial charge in [-0.1, -0.05) is 19.4 Å². The molecule has 1 aliphatic carbocycles. The quantitative estimate of drug-likeness (QED) is 0.920. The number of amides is 1. The van der Waals surface area contributed by atoms with Crippen LogP contribution in [-0.4, -0.2) is 41.4 Å². The lowest BCUT2D eigenvalue weighted by atomic mass is 9.69. The molecule has 2 atom stereocenters. The van der Waals surface area contributed by atoms with Crippen LogP contribution in [0.2, 0.25) is 0 Å². The standard InChI is InChI=1S/C19H25NO4/c1-13-10-20(11-19(13,22)15-3-2-4-15)18(21)8-6-14-5-7-16-17(9-14)24-12-23-16/h5,7,9,13,15,22H,2-4,6,8,10-12H2,1H3/t13-,19+/m1/s1. The van der Waals surface area contributed by atoms with Gasteiger partial charge in [0, 0.05) is 25.4 Å². The molecule has 2 aliphatic heterocycles. The first-order valence-electron chi connectivity index (χ1n) is 8.95. The van der Waals surface area contributed by atoms with Gasteiger partial charge in [-0.25, -0.2) is 0 Å². The second-order valence-corrected chi connectivity index (χ2v) is 7.48. The second-order valence-electron chi connectivity index (χ2n) is 7.48. The summed E-state index contributed by atoms with van der Waals surface area (Å²) in [5, 5.41) is 11.0. The number of β-amino-alcohol motifs (C(OH)–C–C–N with tert-alkyl or cyclic N) is 1. The van der Waals surface area contributed by atoms with Crippen molar-refractivity contribution >= 4 is 5.91 Å². The molecule has 1 aromatic carbocycles. The van der Waals surface area contributed by atoms with Crippen LogP contribution >= 0.6 is 0 Å². The number of aliphatic hydroxyl groups is 1. The third-order valence-corrected chi connectivity index (χ3v) is 6.02. The topological polar surface area (TPSA) is 59.0 Å². The van der Waals surface area contributed by atoms with E-state index >= 15 is 0 Å². The molecule has 0 radical (unpaired) electrons. The number of benzene rings is 1. The summed E-state index contributed by atoms with van der Waals surface area (Å²) in [7, 11) is 0. The summed E-state index contributed by atoms with van der Waals surface area (Å²) in [6.45, 7) is 3.51. The molecule has 5 nitrogen and oxygen atoms in total. The summed E-state index contributed by atoms with van der Waals surface area (Å²) in [5.41, 5.74) is 0.404. The van der Waals surface area contributed by atoms with E-state index < -0.39 is 5.60 Å². The van der Waals surface area contributed by atoms with Crippen LogP contribution in [0, 0.1) is 11.8 Å². The lowest BCUT2D eigenvalue weighted by molar-refractivity contribution is -0.132. The molecular formula is C19H25NO4. The zero-order valence-electron chi connectivity index (χ0n) is 14.2. The van der Waals surface area contributed by atoms with Crippen LogP contribution in [0.3, 0.4) is 0 Å². The molecule has 3 aliphatic rings. The first-order chi connectivity index (χ1) is 11.6. The maximum Gasteiger partial charge on any atom is 0.231 e. The van der Waals surface area contributed by atoms with E-state index in [2.05, 4.69) is 6.92 Å². The molecule has 0 aromatic heterocycles. The molecule has 1 saturated heterocycles. The highest BCUT2D eigenvalue weighted by atomic mass is 16.7. The van der Waals surface area contributed by atoms with Crippen molar-refractivity contribution in [1.82, 2.24) is 4.90 Å². The highest BCUT2D eigenvalue weighted by Crippen LogP contribution is 2.44. The van der Waals surface area contributed by atoms with Gasteiger partial charge in [0.15, 0.2) is 11.5 Å². The normalized spacial score (nSPS) is 28.9. The van der Waals surface area contributed by atoms with E-state index in [9.17, 15) is 9.90 Å². The highest BCUT2D eigenvalue weighted by Gasteiger charge is 2.50. The monoisotopic (exact) mass is 331 g/mol. The maximum atomic E-state index is 12.6. The molecule has 5 heteroatoms. The van der Waals surface area contributed by atoms with Crippen molar-refractivity contribution in [3.63, 3.8) is 0 Å². The van der Waals surface area contributed by atoms with Crippen LogP contribution in [0.4, 0.5) is 0 Å². The third kappa shape index (κ3) is 2.65. The smallest absolute Gasteiger partial charge is 0.231 e. The second kappa shape index (κ2) is 5.96. The summed E-state index contributed by atoms with van der Waals surface area (Å²) in [5.74, 6) is 2.20.